The zero-order valence-corrected chi connectivity index (χ0v) is 17.6. The van der Waals surface area contributed by atoms with Crippen molar-refractivity contribution in [3.8, 4) is 0 Å². The van der Waals surface area contributed by atoms with Crippen LogP contribution in [0.25, 0.3) is 0 Å². The summed E-state index contributed by atoms with van der Waals surface area (Å²) < 4.78 is 15.5. The Hall–Kier alpha value is -2.98. The Bertz CT molecular complexity index is 923. The standard InChI is InChI=1S/C20H23N3O6S/c1-3-28-20(26)17-13(2)11-16(30-17)22-15(24)12-29-19(25)14-5-4-6-21-18(14)23-7-9-27-10-8-23/h4-6,11H,3,7-10,12H2,1-2H3,(H,22,24). The highest BCUT2D eigenvalue weighted by atomic mass is 32.1. The Balaban J connectivity index is 1.58. The summed E-state index contributed by atoms with van der Waals surface area (Å²) in [6, 6.07) is 4.94. The van der Waals surface area contributed by atoms with Crippen LogP contribution in [0, 0.1) is 6.92 Å². The van der Waals surface area contributed by atoms with E-state index in [2.05, 4.69) is 10.3 Å². The van der Waals surface area contributed by atoms with Gasteiger partial charge in [-0.3, -0.25) is 4.79 Å². The number of esters is 2. The molecule has 0 saturated carbocycles. The molecule has 0 atom stereocenters. The third-order valence-corrected chi connectivity index (χ3v) is 5.43. The lowest BCUT2D eigenvalue weighted by atomic mass is 10.2. The normalized spacial score (nSPS) is 13.6. The molecule has 0 unspecified atom stereocenters. The van der Waals surface area contributed by atoms with Crippen molar-refractivity contribution < 1.29 is 28.6 Å². The molecule has 1 aliphatic heterocycles. The summed E-state index contributed by atoms with van der Waals surface area (Å²) in [4.78, 5) is 43.3. The summed E-state index contributed by atoms with van der Waals surface area (Å²) in [6.45, 7) is 5.66. The van der Waals surface area contributed by atoms with E-state index < -0.39 is 24.5 Å². The van der Waals surface area contributed by atoms with Gasteiger partial charge in [-0.25, -0.2) is 14.6 Å². The Labute approximate surface area is 177 Å². The van der Waals surface area contributed by atoms with E-state index in [1.165, 1.54) is 0 Å². The Morgan fingerprint density at radius 1 is 1.23 bits per heavy atom. The van der Waals surface area contributed by atoms with Crippen LogP contribution < -0.4 is 10.2 Å². The molecule has 2 aromatic rings. The molecule has 160 valence electrons. The van der Waals surface area contributed by atoms with Crippen LogP contribution in [0.4, 0.5) is 10.8 Å². The number of carbonyl (C=O) groups excluding carboxylic acids is 3. The minimum atomic E-state index is -0.630. The van der Waals surface area contributed by atoms with Gasteiger partial charge >= 0.3 is 11.9 Å². The van der Waals surface area contributed by atoms with E-state index in [0.717, 1.165) is 11.3 Å². The largest absolute Gasteiger partial charge is 0.462 e. The van der Waals surface area contributed by atoms with Gasteiger partial charge in [0.25, 0.3) is 5.91 Å². The lowest BCUT2D eigenvalue weighted by molar-refractivity contribution is -0.119. The molecule has 0 bridgehead atoms. The van der Waals surface area contributed by atoms with Crippen LogP contribution >= 0.6 is 11.3 Å². The van der Waals surface area contributed by atoms with Gasteiger partial charge < -0.3 is 24.4 Å². The van der Waals surface area contributed by atoms with Crippen molar-refractivity contribution in [2.75, 3.05) is 49.7 Å². The summed E-state index contributed by atoms with van der Waals surface area (Å²) in [7, 11) is 0. The number of rotatable bonds is 7. The van der Waals surface area contributed by atoms with Gasteiger partial charge in [0.1, 0.15) is 16.3 Å². The summed E-state index contributed by atoms with van der Waals surface area (Å²) in [5, 5.41) is 3.12. The van der Waals surface area contributed by atoms with Crippen LogP contribution in [0.5, 0.6) is 0 Å². The number of hydrogen-bond acceptors (Lipinski definition) is 9. The van der Waals surface area contributed by atoms with Gasteiger partial charge in [-0.1, -0.05) is 0 Å². The average molecular weight is 433 g/mol. The fourth-order valence-electron chi connectivity index (χ4n) is 2.91. The predicted molar refractivity (Wildman–Crippen MR) is 111 cm³/mol. The monoisotopic (exact) mass is 433 g/mol. The number of pyridine rings is 1. The van der Waals surface area contributed by atoms with Crippen molar-refractivity contribution >= 4 is 40.0 Å². The maximum Gasteiger partial charge on any atom is 0.348 e. The third-order valence-electron chi connectivity index (χ3n) is 4.29. The SMILES string of the molecule is CCOC(=O)c1sc(NC(=O)COC(=O)c2cccnc2N2CCOCC2)cc1C. The lowest BCUT2D eigenvalue weighted by Gasteiger charge is -2.28. The van der Waals surface area contributed by atoms with Crippen LogP contribution in [0.1, 0.15) is 32.5 Å². The summed E-state index contributed by atoms with van der Waals surface area (Å²) in [5.74, 6) is -1.05. The van der Waals surface area contributed by atoms with Crippen molar-refractivity contribution in [1.82, 2.24) is 4.98 Å². The first kappa shape index (κ1) is 21.7. The first-order valence-corrected chi connectivity index (χ1v) is 10.3. The molecule has 30 heavy (non-hydrogen) atoms. The van der Waals surface area contributed by atoms with Gasteiger partial charge in [-0.15, -0.1) is 11.3 Å². The number of hydrogen-bond donors (Lipinski definition) is 1. The molecule has 0 radical (unpaired) electrons. The molecular formula is C20H23N3O6S. The number of aromatic nitrogens is 1. The van der Waals surface area contributed by atoms with E-state index in [1.54, 1.807) is 38.2 Å². The zero-order valence-electron chi connectivity index (χ0n) is 16.8. The van der Waals surface area contributed by atoms with E-state index >= 15 is 0 Å². The van der Waals surface area contributed by atoms with E-state index in [1.807, 2.05) is 4.90 Å². The lowest BCUT2D eigenvalue weighted by Crippen LogP contribution is -2.37. The first-order valence-electron chi connectivity index (χ1n) is 9.51. The van der Waals surface area contributed by atoms with Crippen molar-refractivity contribution in [3.05, 3.63) is 40.4 Å². The molecular weight excluding hydrogens is 410 g/mol. The average Bonchev–Trinajstić information content (AvgIpc) is 3.12. The highest BCUT2D eigenvalue weighted by Gasteiger charge is 2.22. The van der Waals surface area contributed by atoms with Gasteiger partial charge in [-0.05, 0) is 37.6 Å². The van der Waals surface area contributed by atoms with Gasteiger partial charge in [0.15, 0.2) is 6.61 Å². The Kier molecular flexibility index (Phi) is 7.36. The molecule has 1 N–H and O–H groups in total. The molecule has 2 aromatic heterocycles. The van der Waals surface area contributed by atoms with Gasteiger partial charge in [0.05, 0.1) is 24.8 Å². The first-order chi connectivity index (χ1) is 14.5. The fraction of sp³-hybridized carbons (Fsp3) is 0.400. The summed E-state index contributed by atoms with van der Waals surface area (Å²) >= 11 is 1.11. The highest BCUT2D eigenvalue weighted by Crippen LogP contribution is 2.27. The molecule has 1 fully saturated rings. The second-order valence-electron chi connectivity index (χ2n) is 6.44. The molecule has 0 aliphatic carbocycles. The highest BCUT2D eigenvalue weighted by molar-refractivity contribution is 7.18. The number of thiophene rings is 1. The van der Waals surface area contributed by atoms with Gasteiger partial charge in [0.2, 0.25) is 0 Å². The molecule has 3 heterocycles. The number of morpholine rings is 1. The van der Waals surface area contributed by atoms with Crippen molar-refractivity contribution in [2.24, 2.45) is 0 Å². The van der Waals surface area contributed by atoms with Crippen LogP contribution in [-0.2, 0) is 19.0 Å². The molecule has 0 aromatic carbocycles. The molecule has 10 heteroatoms. The topological polar surface area (TPSA) is 107 Å². The van der Waals surface area contributed by atoms with Crippen molar-refractivity contribution in [1.29, 1.82) is 0 Å². The van der Waals surface area contributed by atoms with Crippen LogP contribution in [-0.4, -0.2) is 62.3 Å². The van der Waals surface area contributed by atoms with E-state index in [9.17, 15) is 14.4 Å². The number of anilines is 2. The number of carbonyl (C=O) groups is 3. The van der Waals surface area contributed by atoms with Crippen LogP contribution in [0.15, 0.2) is 24.4 Å². The molecule has 9 nitrogen and oxygen atoms in total. The van der Waals surface area contributed by atoms with Crippen molar-refractivity contribution in [3.63, 3.8) is 0 Å². The maximum absolute atomic E-state index is 12.5. The maximum atomic E-state index is 12.5. The number of nitrogens with zero attached hydrogens (tertiary/aromatic N) is 2. The number of nitrogens with one attached hydrogen (secondary N) is 1. The molecule has 0 spiro atoms. The second kappa shape index (κ2) is 10.2. The molecule has 1 aliphatic rings. The fourth-order valence-corrected chi connectivity index (χ4v) is 3.89. The quantitative estimate of drug-likeness (QED) is 0.663. The van der Waals surface area contributed by atoms with Crippen LogP contribution in [0.3, 0.4) is 0 Å². The van der Waals surface area contributed by atoms with E-state index in [0.29, 0.717) is 53.1 Å². The molecule has 1 saturated heterocycles. The number of aryl methyl sites for hydroxylation is 1. The number of amides is 1. The third kappa shape index (κ3) is 5.33. The summed E-state index contributed by atoms with van der Waals surface area (Å²) in [5.41, 5.74) is 1.00. The minimum absolute atomic E-state index is 0.272. The Morgan fingerprint density at radius 2 is 2.00 bits per heavy atom. The predicted octanol–water partition coefficient (Wildman–Crippen LogP) is 2.26. The second-order valence-corrected chi connectivity index (χ2v) is 7.49. The Morgan fingerprint density at radius 3 is 2.73 bits per heavy atom. The van der Waals surface area contributed by atoms with Crippen LogP contribution in [0.2, 0.25) is 0 Å². The van der Waals surface area contributed by atoms with Gasteiger partial charge in [0, 0.05) is 19.3 Å². The smallest absolute Gasteiger partial charge is 0.348 e. The molecule has 1 amide bonds. The minimum Gasteiger partial charge on any atom is -0.462 e. The number of ether oxygens (including phenoxy) is 3. The van der Waals surface area contributed by atoms with Crippen molar-refractivity contribution in [2.45, 2.75) is 13.8 Å². The molecule has 3 rings (SSSR count). The zero-order chi connectivity index (χ0) is 21.5. The van der Waals surface area contributed by atoms with E-state index in [-0.39, 0.29) is 6.61 Å². The van der Waals surface area contributed by atoms with Gasteiger partial charge in [-0.2, -0.15) is 0 Å². The summed E-state index contributed by atoms with van der Waals surface area (Å²) in [6.07, 6.45) is 1.61. The van der Waals surface area contributed by atoms with E-state index in [4.69, 9.17) is 14.2 Å².